The van der Waals surface area contributed by atoms with Gasteiger partial charge in [-0.1, -0.05) is 48.5 Å². The third-order valence-electron chi connectivity index (χ3n) is 4.47. The van der Waals surface area contributed by atoms with E-state index in [1.54, 1.807) is 13.0 Å². The second-order valence-electron chi connectivity index (χ2n) is 6.68. The number of halogens is 1. The van der Waals surface area contributed by atoms with E-state index in [9.17, 15) is 18.0 Å². The Hall–Kier alpha value is -2.62. The van der Waals surface area contributed by atoms with Crippen molar-refractivity contribution in [1.29, 1.82) is 0 Å². The number of hydrogen-bond donors (Lipinski definition) is 2. The quantitative estimate of drug-likeness (QED) is 0.395. The highest BCUT2D eigenvalue weighted by atomic mass is 35.5. The number of amides is 1. The first-order valence-corrected chi connectivity index (χ1v) is 12.2. The first-order chi connectivity index (χ1) is 14.7. The van der Waals surface area contributed by atoms with Crippen molar-refractivity contribution >= 4 is 44.8 Å². The van der Waals surface area contributed by atoms with Gasteiger partial charge in [0.25, 0.3) is 5.56 Å². The Morgan fingerprint density at radius 1 is 1.19 bits per heavy atom. The molecule has 0 fully saturated rings. The van der Waals surface area contributed by atoms with Crippen molar-refractivity contribution in [2.75, 3.05) is 11.1 Å². The normalized spacial score (nSPS) is 11.3. The fourth-order valence-corrected chi connectivity index (χ4v) is 4.79. The molecule has 162 valence electrons. The molecule has 3 aromatic rings. The van der Waals surface area contributed by atoms with Crippen molar-refractivity contribution in [3.05, 3.63) is 75.2 Å². The summed E-state index contributed by atoms with van der Waals surface area (Å²) in [7, 11) is -4.08. The maximum atomic E-state index is 12.8. The van der Waals surface area contributed by atoms with Gasteiger partial charge in [0.15, 0.2) is 10.1 Å². The van der Waals surface area contributed by atoms with Crippen LogP contribution in [0.15, 0.2) is 68.4 Å². The second kappa shape index (κ2) is 9.67. The SMILES string of the molecule is CCc1ccc(NC(=O)CSc2ncc(S(=O)(=O)c3ccc(C)c(Cl)c3)c(=O)[nH]2)cc1. The molecule has 0 aliphatic carbocycles. The summed E-state index contributed by atoms with van der Waals surface area (Å²) in [5.41, 5.74) is 1.74. The number of benzene rings is 2. The lowest BCUT2D eigenvalue weighted by molar-refractivity contribution is -0.113. The number of thioether (sulfide) groups is 1. The lowest BCUT2D eigenvalue weighted by atomic mass is 10.1. The van der Waals surface area contributed by atoms with Gasteiger partial charge in [0, 0.05) is 10.7 Å². The van der Waals surface area contributed by atoms with Gasteiger partial charge in [0.1, 0.15) is 0 Å². The Morgan fingerprint density at radius 2 is 1.90 bits per heavy atom. The number of aromatic nitrogens is 2. The third kappa shape index (κ3) is 5.55. The van der Waals surface area contributed by atoms with Gasteiger partial charge in [-0.3, -0.25) is 9.59 Å². The van der Waals surface area contributed by atoms with Crippen LogP contribution in [-0.4, -0.2) is 30.0 Å². The van der Waals surface area contributed by atoms with Gasteiger partial charge in [-0.15, -0.1) is 0 Å². The van der Waals surface area contributed by atoms with Crippen LogP contribution < -0.4 is 10.9 Å². The van der Waals surface area contributed by atoms with Crippen LogP contribution in [0.1, 0.15) is 18.1 Å². The smallest absolute Gasteiger partial charge is 0.270 e. The number of hydrogen-bond acceptors (Lipinski definition) is 6. The number of nitrogens with zero attached hydrogens (tertiary/aromatic N) is 1. The Balaban J connectivity index is 1.69. The summed E-state index contributed by atoms with van der Waals surface area (Å²) in [6.45, 7) is 3.79. The molecule has 31 heavy (non-hydrogen) atoms. The first-order valence-electron chi connectivity index (χ1n) is 9.33. The monoisotopic (exact) mass is 477 g/mol. The van der Waals surface area contributed by atoms with Crippen LogP contribution in [0.5, 0.6) is 0 Å². The highest BCUT2D eigenvalue weighted by Crippen LogP contribution is 2.24. The fraction of sp³-hybridized carbons (Fsp3) is 0.190. The molecule has 0 saturated heterocycles. The molecule has 0 spiro atoms. The van der Waals surface area contributed by atoms with Gasteiger partial charge in [-0.2, -0.15) is 0 Å². The van der Waals surface area contributed by atoms with E-state index in [2.05, 4.69) is 15.3 Å². The van der Waals surface area contributed by atoms with E-state index in [1.807, 2.05) is 31.2 Å². The average molecular weight is 478 g/mol. The minimum Gasteiger partial charge on any atom is -0.325 e. The number of carbonyl (C=O) groups excluding carboxylic acids is 1. The molecular formula is C21H20ClN3O4S2. The Morgan fingerprint density at radius 3 is 2.52 bits per heavy atom. The molecule has 10 heteroatoms. The number of aryl methyl sites for hydroxylation is 2. The molecule has 2 N–H and O–H groups in total. The van der Waals surface area contributed by atoms with Gasteiger partial charge in [-0.05, 0) is 48.7 Å². The second-order valence-corrected chi connectivity index (χ2v) is 9.97. The molecule has 0 aliphatic rings. The maximum absolute atomic E-state index is 12.8. The number of carbonyl (C=O) groups is 1. The van der Waals surface area contributed by atoms with Crippen LogP contribution in [0.25, 0.3) is 0 Å². The highest BCUT2D eigenvalue weighted by Gasteiger charge is 2.23. The predicted molar refractivity (Wildman–Crippen MR) is 122 cm³/mol. The summed E-state index contributed by atoms with van der Waals surface area (Å²) in [4.78, 5) is 30.3. The van der Waals surface area contributed by atoms with Crippen LogP contribution in [0.2, 0.25) is 5.02 Å². The van der Waals surface area contributed by atoms with E-state index in [1.165, 1.54) is 12.1 Å². The van der Waals surface area contributed by atoms with Crippen LogP contribution in [-0.2, 0) is 21.1 Å². The zero-order chi connectivity index (χ0) is 22.6. The molecule has 0 aliphatic heterocycles. The highest BCUT2D eigenvalue weighted by molar-refractivity contribution is 7.99. The van der Waals surface area contributed by atoms with Crippen LogP contribution in [0, 0.1) is 6.92 Å². The van der Waals surface area contributed by atoms with Crippen molar-refractivity contribution in [3.8, 4) is 0 Å². The van der Waals surface area contributed by atoms with E-state index in [4.69, 9.17) is 11.6 Å². The van der Waals surface area contributed by atoms with Crippen molar-refractivity contribution in [1.82, 2.24) is 9.97 Å². The van der Waals surface area contributed by atoms with Crippen molar-refractivity contribution in [2.45, 2.75) is 35.2 Å². The van der Waals surface area contributed by atoms with Gasteiger partial charge >= 0.3 is 0 Å². The molecule has 0 atom stereocenters. The molecule has 1 aromatic heterocycles. The van der Waals surface area contributed by atoms with Crippen molar-refractivity contribution < 1.29 is 13.2 Å². The molecule has 2 aromatic carbocycles. The zero-order valence-corrected chi connectivity index (χ0v) is 19.2. The summed E-state index contributed by atoms with van der Waals surface area (Å²) in [5, 5.41) is 3.18. The lowest BCUT2D eigenvalue weighted by Crippen LogP contribution is -2.20. The first kappa shape index (κ1) is 23.1. The summed E-state index contributed by atoms with van der Waals surface area (Å²) < 4.78 is 25.5. The summed E-state index contributed by atoms with van der Waals surface area (Å²) in [6, 6.07) is 11.7. The van der Waals surface area contributed by atoms with Crippen molar-refractivity contribution in [2.24, 2.45) is 0 Å². The van der Waals surface area contributed by atoms with E-state index < -0.39 is 20.3 Å². The van der Waals surface area contributed by atoms with Gasteiger partial charge in [-0.25, -0.2) is 13.4 Å². The largest absolute Gasteiger partial charge is 0.325 e. The maximum Gasteiger partial charge on any atom is 0.270 e. The Labute approximate surface area is 189 Å². The number of nitrogens with one attached hydrogen (secondary N) is 2. The van der Waals surface area contributed by atoms with Crippen molar-refractivity contribution in [3.63, 3.8) is 0 Å². The number of aromatic amines is 1. The molecular weight excluding hydrogens is 458 g/mol. The summed E-state index contributed by atoms with van der Waals surface area (Å²) in [6.07, 6.45) is 1.90. The van der Waals surface area contributed by atoms with Crippen LogP contribution >= 0.6 is 23.4 Å². The third-order valence-corrected chi connectivity index (χ3v) is 7.51. The van der Waals surface area contributed by atoms with E-state index >= 15 is 0 Å². The van der Waals surface area contributed by atoms with Gasteiger partial charge in [0.2, 0.25) is 15.7 Å². The average Bonchev–Trinajstić information content (AvgIpc) is 2.74. The van der Waals surface area contributed by atoms with E-state index in [-0.39, 0.29) is 26.7 Å². The molecule has 0 radical (unpaired) electrons. The van der Waals surface area contributed by atoms with Crippen LogP contribution in [0.4, 0.5) is 5.69 Å². The number of sulfone groups is 1. The number of anilines is 1. The topological polar surface area (TPSA) is 109 Å². The minimum atomic E-state index is -4.08. The zero-order valence-electron chi connectivity index (χ0n) is 16.8. The number of H-pyrrole nitrogens is 1. The Kier molecular flexibility index (Phi) is 7.19. The lowest BCUT2D eigenvalue weighted by Gasteiger charge is -2.07. The number of rotatable bonds is 7. The molecule has 1 amide bonds. The van der Waals surface area contributed by atoms with Gasteiger partial charge < -0.3 is 10.3 Å². The molecule has 0 bridgehead atoms. The van der Waals surface area contributed by atoms with Gasteiger partial charge in [0.05, 0.1) is 16.8 Å². The molecule has 1 heterocycles. The summed E-state index contributed by atoms with van der Waals surface area (Å²) in [5.74, 6) is -0.277. The summed E-state index contributed by atoms with van der Waals surface area (Å²) >= 11 is 7.00. The van der Waals surface area contributed by atoms with Crippen LogP contribution in [0.3, 0.4) is 0 Å². The standard InChI is InChI=1S/C21H20ClN3O4S2/c1-3-14-5-7-15(8-6-14)24-19(26)12-30-21-23-11-18(20(27)25-21)31(28,29)16-9-4-13(2)17(22)10-16/h4-11H,3,12H2,1-2H3,(H,24,26)(H,23,25,27). The van der Waals surface area contributed by atoms with E-state index in [0.29, 0.717) is 5.69 Å². The minimum absolute atomic E-state index is 0.00185. The fourth-order valence-electron chi connectivity index (χ4n) is 2.65. The molecule has 3 rings (SSSR count). The molecule has 0 unspecified atom stereocenters. The predicted octanol–water partition coefficient (Wildman–Crippen LogP) is 3.86. The molecule has 7 nitrogen and oxygen atoms in total. The van der Waals surface area contributed by atoms with E-state index in [0.717, 1.165) is 35.5 Å². The molecule has 0 saturated carbocycles. The Bertz CT molecular complexity index is 1270.